The zero-order chi connectivity index (χ0) is 16.3. The third-order valence-electron chi connectivity index (χ3n) is 2.58. The van der Waals surface area contributed by atoms with Gasteiger partial charge in [0, 0.05) is 6.07 Å². The lowest BCUT2D eigenvalue weighted by atomic mass is 10.2. The van der Waals surface area contributed by atoms with Gasteiger partial charge in [-0.05, 0) is 36.5 Å². The average molecular weight is 327 g/mol. The van der Waals surface area contributed by atoms with E-state index in [1.807, 2.05) is 0 Å². The molecule has 9 heteroatoms. The second-order valence-electron chi connectivity index (χ2n) is 4.12. The van der Waals surface area contributed by atoms with Crippen molar-refractivity contribution in [1.82, 2.24) is 0 Å². The zero-order valence-corrected chi connectivity index (χ0v) is 11.6. The summed E-state index contributed by atoms with van der Waals surface area (Å²) in [7, 11) is 0. The molecule has 0 atom stereocenters. The van der Waals surface area contributed by atoms with Gasteiger partial charge in [0.1, 0.15) is 23.1 Å². The van der Waals surface area contributed by atoms with Crippen LogP contribution >= 0.6 is 12.2 Å². The molecule has 114 valence electrons. The fourth-order valence-electron chi connectivity index (χ4n) is 1.63. The van der Waals surface area contributed by atoms with Gasteiger partial charge in [-0.25, -0.2) is 13.2 Å². The number of halogens is 3. The summed E-state index contributed by atoms with van der Waals surface area (Å²) in [6.07, 6.45) is 0. The molecule has 2 aromatic carbocycles. The first-order chi connectivity index (χ1) is 10.4. The Kier molecular flexibility index (Phi) is 4.56. The average Bonchev–Trinajstić information content (AvgIpc) is 2.43. The molecular formula is C13H8F3N3O2S. The fourth-order valence-corrected chi connectivity index (χ4v) is 1.85. The first kappa shape index (κ1) is 15.7. The fraction of sp³-hybridized carbons (Fsp3) is 0. The number of hydrogen-bond acceptors (Lipinski definition) is 3. The molecule has 22 heavy (non-hydrogen) atoms. The molecule has 0 saturated carbocycles. The number of nitro benzene ring substituents is 1. The molecule has 0 saturated heterocycles. The highest BCUT2D eigenvalue weighted by Gasteiger charge is 2.16. The van der Waals surface area contributed by atoms with Crippen LogP contribution in [0.25, 0.3) is 0 Å². The van der Waals surface area contributed by atoms with Gasteiger partial charge in [0.2, 0.25) is 0 Å². The maximum Gasteiger partial charge on any atom is 0.295 e. The molecule has 0 fully saturated rings. The van der Waals surface area contributed by atoms with Crippen molar-refractivity contribution in [3.05, 3.63) is 64.0 Å². The molecule has 0 aliphatic rings. The Bertz CT molecular complexity index is 755. The number of anilines is 2. The Morgan fingerprint density at radius 3 is 2.14 bits per heavy atom. The highest BCUT2D eigenvalue weighted by Crippen LogP contribution is 2.25. The molecule has 2 rings (SSSR count). The number of hydrogen-bond donors (Lipinski definition) is 2. The minimum absolute atomic E-state index is 0.0635. The van der Waals surface area contributed by atoms with Crippen molar-refractivity contribution in [2.75, 3.05) is 10.6 Å². The highest BCUT2D eigenvalue weighted by atomic mass is 32.1. The normalized spacial score (nSPS) is 10.1. The maximum atomic E-state index is 13.5. The lowest BCUT2D eigenvalue weighted by molar-refractivity contribution is -0.384. The van der Waals surface area contributed by atoms with Gasteiger partial charge in [-0.2, -0.15) is 0 Å². The van der Waals surface area contributed by atoms with Crippen molar-refractivity contribution in [3.8, 4) is 0 Å². The van der Waals surface area contributed by atoms with Crippen molar-refractivity contribution in [3.63, 3.8) is 0 Å². The number of nitrogens with zero attached hydrogens (tertiary/aromatic N) is 1. The number of thiocarbonyl (C=S) groups is 1. The predicted molar refractivity (Wildman–Crippen MR) is 79.3 cm³/mol. The van der Waals surface area contributed by atoms with Crippen LogP contribution in [0.2, 0.25) is 0 Å². The van der Waals surface area contributed by atoms with Crippen molar-refractivity contribution in [2.24, 2.45) is 0 Å². The monoisotopic (exact) mass is 327 g/mol. The molecule has 0 radical (unpaired) electrons. The molecule has 0 aliphatic heterocycles. The molecule has 0 aliphatic carbocycles. The SMILES string of the molecule is O=[N+]([O-])c1cc(F)ccc1NC(=S)Nc1ccc(F)cc1F. The molecule has 0 aromatic heterocycles. The second kappa shape index (κ2) is 6.39. The molecule has 5 nitrogen and oxygen atoms in total. The highest BCUT2D eigenvalue weighted by molar-refractivity contribution is 7.80. The van der Waals surface area contributed by atoms with E-state index in [0.29, 0.717) is 6.07 Å². The van der Waals surface area contributed by atoms with E-state index in [9.17, 15) is 23.3 Å². The number of nitro groups is 1. The van der Waals surface area contributed by atoms with Crippen LogP contribution < -0.4 is 10.6 Å². The molecule has 0 unspecified atom stereocenters. The van der Waals surface area contributed by atoms with E-state index in [1.165, 1.54) is 0 Å². The summed E-state index contributed by atoms with van der Waals surface area (Å²) in [5, 5.41) is 15.6. The largest absolute Gasteiger partial charge is 0.330 e. The summed E-state index contributed by atoms with van der Waals surface area (Å²) >= 11 is 4.89. The zero-order valence-electron chi connectivity index (χ0n) is 10.8. The first-order valence-electron chi connectivity index (χ1n) is 5.84. The van der Waals surface area contributed by atoms with Crippen LogP contribution in [0.3, 0.4) is 0 Å². The van der Waals surface area contributed by atoms with Gasteiger partial charge in [0.05, 0.1) is 16.7 Å². The van der Waals surface area contributed by atoms with Gasteiger partial charge >= 0.3 is 0 Å². The van der Waals surface area contributed by atoms with Crippen molar-refractivity contribution < 1.29 is 18.1 Å². The van der Waals surface area contributed by atoms with E-state index >= 15 is 0 Å². The Labute approximate surface area is 127 Å². The molecule has 0 bridgehead atoms. The third kappa shape index (κ3) is 3.70. The van der Waals surface area contributed by atoms with Crippen LogP contribution in [0.4, 0.5) is 30.2 Å². The predicted octanol–water partition coefficient (Wildman–Crippen LogP) is 3.82. The lowest BCUT2D eigenvalue weighted by Crippen LogP contribution is -2.20. The molecule has 0 amide bonds. The number of benzene rings is 2. The second-order valence-corrected chi connectivity index (χ2v) is 4.53. The summed E-state index contributed by atoms with van der Waals surface area (Å²) in [5.41, 5.74) is -0.696. The maximum absolute atomic E-state index is 13.5. The van der Waals surface area contributed by atoms with Crippen molar-refractivity contribution in [2.45, 2.75) is 0 Å². The Balaban J connectivity index is 2.17. The van der Waals surface area contributed by atoms with Crippen LogP contribution in [-0.4, -0.2) is 10.0 Å². The van der Waals surface area contributed by atoms with Gasteiger partial charge in [-0.15, -0.1) is 0 Å². The lowest BCUT2D eigenvalue weighted by Gasteiger charge is -2.11. The Morgan fingerprint density at radius 1 is 1.00 bits per heavy atom. The van der Waals surface area contributed by atoms with Gasteiger partial charge in [-0.3, -0.25) is 10.1 Å². The van der Waals surface area contributed by atoms with Gasteiger partial charge in [-0.1, -0.05) is 0 Å². The van der Waals surface area contributed by atoms with Crippen LogP contribution in [0.15, 0.2) is 36.4 Å². The van der Waals surface area contributed by atoms with E-state index in [0.717, 1.165) is 30.3 Å². The van der Waals surface area contributed by atoms with Crippen LogP contribution in [0.5, 0.6) is 0 Å². The van der Waals surface area contributed by atoms with Crippen molar-refractivity contribution >= 4 is 34.4 Å². The Hall–Kier alpha value is -2.68. The molecular weight excluding hydrogens is 319 g/mol. The number of nitrogens with one attached hydrogen (secondary N) is 2. The summed E-state index contributed by atoms with van der Waals surface area (Å²) in [5.74, 6) is -2.41. The summed E-state index contributed by atoms with van der Waals surface area (Å²) in [6.45, 7) is 0. The smallest absolute Gasteiger partial charge is 0.295 e. The summed E-state index contributed by atoms with van der Waals surface area (Å²) < 4.78 is 39.3. The molecule has 0 heterocycles. The van der Waals surface area contributed by atoms with Gasteiger partial charge in [0.15, 0.2) is 5.11 Å². The van der Waals surface area contributed by atoms with E-state index in [4.69, 9.17) is 12.2 Å². The summed E-state index contributed by atoms with van der Waals surface area (Å²) in [4.78, 5) is 10.1. The van der Waals surface area contributed by atoms with Crippen LogP contribution in [-0.2, 0) is 0 Å². The third-order valence-corrected chi connectivity index (χ3v) is 2.79. The van der Waals surface area contributed by atoms with Gasteiger partial charge < -0.3 is 10.6 Å². The minimum Gasteiger partial charge on any atom is -0.330 e. The van der Waals surface area contributed by atoms with Gasteiger partial charge in [0.25, 0.3) is 5.69 Å². The van der Waals surface area contributed by atoms with Crippen molar-refractivity contribution in [1.29, 1.82) is 0 Å². The molecule has 2 aromatic rings. The Morgan fingerprint density at radius 2 is 1.55 bits per heavy atom. The van der Waals surface area contributed by atoms with E-state index in [-0.39, 0.29) is 16.5 Å². The minimum atomic E-state index is -0.877. The standard InChI is InChI=1S/C13H8F3N3O2S/c14-7-1-3-10(9(16)5-7)17-13(22)18-11-4-2-8(15)6-12(11)19(20)21/h1-6H,(H2,17,18,22). The van der Waals surface area contributed by atoms with Crippen LogP contribution in [0.1, 0.15) is 0 Å². The quantitative estimate of drug-likeness (QED) is 0.510. The first-order valence-corrected chi connectivity index (χ1v) is 6.24. The topological polar surface area (TPSA) is 67.2 Å². The van der Waals surface area contributed by atoms with E-state index in [2.05, 4.69) is 10.6 Å². The molecule has 0 spiro atoms. The summed E-state index contributed by atoms with van der Waals surface area (Å²) in [6, 6.07) is 5.67. The van der Waals surface area contributed by atoms with Crippen LogP contribution in [0, 0.1) is 27.6 Å². The van der Waals surface area contributed by atoms with E-state index in [1.54, 1.807) is 0 Å². The molecule has 2 N–H and O–H groups in total. The van der Waals surface area contributed by atoms with E-state index < -0.39 is 28.1 Å². The number of rotatable bonds is 3.